The molecule has 0 spiro atoms. The second-order valence-corrected chi connectivity index (χ2v) is 8.20. The molecule has 148 valence electrons. The second kappa shape index (κ2) is 9.07. The Bertz CT molecular complexity index is 895. The van der Waals surface area contributed by atoms with Crippen molar-refractivity contribution in [3.05, 3.63) is 46.1 Å². The van der Waals surface area contributed by atoms with Gasteiger partial charge in [0, 0.05) is 11.4 Å². The largest absolute Gasteiger partial charge is 0.497 e. The normalized spacial score (nSPS) is 16.4. The lowest BCUT2D eigenvalue weighted by atomic mass is 9.95. The van der Waals surface area contributed by atoms with Gasteiger partial charge < -0.3 is 20.1 Å². The van der Waals surface area contributed by atoms with Gasteiger partial charge in [0.05, 0.1) is 25.3 Å². The van der Waals surface area contributed by atoms with E-state index in [1.165, 1.54) is 23.1 Å². The van der Waals surface area contributed by atoms with Gasteiger partial charge in [-0.15, -0.1) is 10.2 Å². The number of nitrogens with one attached hydrogen (secondary N) is 2. The molecule has 1 aliphatic rings. The van der Waals surface area contributed by atoms with Gasteiger partial charge in [-0.3, -0.25) is 0 Å². The smallest absolute Gasteiger partial charge is 0.338 e. The van der Waals surface area contributed by atoms with Gasteiger partial charge in [-0.05, 0) is 31.5 Å². The van der Waals surface area contributed by atoms with E-state index >= 15 is 0 Å². The molecular formula is C18H20N4O4S2. The lowest BCUT2D eigenvalue weighted by Gasteiger charge is -2.29. The van der Waals surface area contributed by atoms with E-state index in [1.54, 1.807) is 26.2 Å². The van der Waals surface area contributed by atoms with Crippen molar-refractivity contribution in [3.8, 4) is 5.75 Å². The first kappa shape index (κ1) is 20.2. The van der Waals surface area contributed by atoms with Crippen molar-refractivity contribution in [3.63, 3.8) is 0 Å². The van der Waals surface area contributed by atoms with Crippen molar-refractivity contribution < 1.29 is 19.1 Å². The minimum atomic E-state index is -0.620. The Kier molecular flexibility index (Phi) is 6.53. The number of aryl methyl sites for hydroxylation is 1. The zero-order valence-corrected chi connectivity index (χ0v) is 17.3. The molecule has 3 rings (SSSR count). The van der Waals surface area contributed by atoms with Crippen LogP contribution in [-0.4, -0.2) is 41.7 Å². The van der Waals surface area contributed by atoms with E-state index in [1.807, 2.05) is 19.1 Å². The Labute approximate surface area is 170 Å². The zero-order chi connectivity index (χ0) is 20.1. The van der Waals surface area contributed by atoms with Crippen LogP contribution in [0.2, 0.25) is 0 Å². The highest BCUT2D eigenvalue weighted by atomic mass is 32.2. The quantitative estimate of drug-likeness (QED) is 0.524. The maximum atomic E-state index is 12.7. The fraction of sp³-hybridized carbons (Fsp3) is 0.333. The van der Waals surface area contributed by atoms with Crippen molar-refractivity contribution in [2.24, 2.45) is 0 Å². The Morgan fingerprint density at radius 3 is 2.64 bits per heavy atom. The number of esters is 1. The third-order valence-electron chi connectivity index (χ3n) is 3.95. The molecule has 0 aliphatic carbocycles. The van der Waals surface area contributed by atoms with E-state index in [-0.39, 0.29) is 12.6 Å². The van der Waals surface area contributed by atoms with Crippen LogP contribution < -0.4 is 15.4 Å². The molecule has 0 bridgehead atoms. The first-order valence-electron chi connectivity index (χ1n) is 8.56. The number of rotatable bonds is 7. The molecule has 1 aromatic carbocycles. The molecule has 2 heterocycles. The summed E-state index contributed by atoms with van der Waals surface area (Å²) in [5, 5.41) is 14.5. The predicted molar refractivity (Wildman–Crippen MR) is 106 cm³/mol. The van der Waals surface area contributed by atoms with Gasteiger partial charge in [0.2, 0.25) is 0 Å². The van der Waals surface area contributed by atoms with Crippen LogP contribution in [0.3, 0.4) is 0 Å². The molecule has 2 N–H and O–H groups in total. The molecule has 28 heavy (non-hydrogen) atoms. The van der Waals surface area contributed by atoms with Crippen LogP contribution in [0.15, 0.2) is 39.9 Å². The molecule has 1 aliphatic heterocycles. The topological polar surface area (TPSA) is 102 Å². The zero-order valence-electron chi connectivity index (χ0n) is 15.6. The summed E-state index contributed by atoms with van der Waals surface area (Å²) in [6, 6.07) is 6.19. The van der Waals surface area contributed by atoms with Crippen LogP contribution >= 0.6 is 23.1 Å². The van der Waals surface area contributed by atoms with Gasteiger partial charge >= 0.3 is 12.0 Å². The van der Waals surface area contributed by atoms with Crippen LogP contribution in [0, 0.1) is 6.92 Å². The Morgan fingerprint density at radius 2 is 2.04 bits per heavy atom. The van der Waals surface area contributed by atoms with E-state index < -0.39 is 12.0 Å². The summed E-state index contributed by atoms with van der Waals surface area (Å²) in [7, 11) is 1.58. The number of benzene rings is 1. The summed E-state index contributed by atoms with van der Waals surface area (Å²) in [5.41, 5.74) is 1.63. The summed E-state index contributed by atoms with van der Waals surface area (Å²) in [4.78, 5) is 25.0. The number of hydrogen-bond donors (Lipinski definition) is 2. The van der Waals surface area contributed by atoms with Gasteiger partial charge in [0.15, 0.2) is 4.34 Å². The number of methoxy groups -OCH3 is 1. The molecule has 8 nitrogen and oxygen atoms in total. The molecular weight excluding hydrogens is 400 g/mol. The molecule has 2 aromatic rings. The van der Waals surface area contributed by atoms with Crippen molar-refractivity contribution in [1.29, 1.82) is 0 Å². The van der Waals surface area contributed by atoms with Gasteiger partial charge in [-0.25, -0.2) is 9.59 Å². The van der Waals surface area contributed by atoms with E-state index in [4.69, 9.17) is 9.47 Å². The third-order valence-corrected chi connectivity index (χ3v) is 5.94. The summed E-state index contributed by atoms with van der Waals surface area (Å²) in [6.45, 7) is 3.85. The number of carbonyl (C=O) groups excluding carboxylic acids is 2. The highest BCUT2D eigenvalue weighted by Gasteiger charge is 2.33. The average molecular weight is 421 g/mol. The van der Waals surface area contributed by atoms with Crippen molar-refractivity contribution in [2.75, 3.05) is 19.5 Å². The summed E-state index contributed by atoms with van der Waals surface area (Å²) < 4.78 is 11.2. The summed E-state index contributed by atoms with van der Waals surface area (Å²) in [6.07, 6.45) is 0. The van der Waals surface area contributed by atoms with Crippen LogP contribution in [0.25, 0.3) is 0 Å². The minimum Gasteiger partial charge on any atom is -0.497 e. The van der Waals surface area contributed by atoms with Crippen LogP contribution in [0.4, 0.5) is 4.79 Å². The van der Waals surface area contributed by atoms with Gasteiger partial charge in [-0.2, -0.15) is 0 Å². The highest BCUT2D eigenvalue weighted by molar-refractivity contribution is 8.01. The first-order valence-corrected chi connectivity index (χ1v) is 10.4. The number of ether oxygens (including phenoxy) is 2. The summed E-state index contributed by atoms with van der Waals surface area (Å²) >= 11 is 2.87. The van der Waals surface area contributed by atoms with Crippen molar-refractivity contribution >= 4 is 35.1 Å². The molecule has 0 saturated carbocycles. The van der Waals surface area contributed by atoms with E-state index in [9.17, 15) is 9.59 Å². The Balaban J connectivity index is 1.95. The predicted octanol–water partition coefficient (Wildman–Crippen LogP) is 2.82. The SMILES string of the molecule is CCOC(=O)C1=C(CSc2nnc(C)s2)NC(=O)NC1c1ccc(OC)cc1. The number of carbonyl (C=O) groups is 2. The number of amides is 2. The molecule has 2 amide bonds. The fourth-order valence-electron chi connectivity index (χ4n) is 2.70. The lowest BCUT2D eigenvalue weighted by Crippen LogP contribution is -2.46. The minimum absolute atomic E-state index is 0.238. The third kappa shape index (κ3) is 4.63. The number of nitrogens with zero attached hydrogens (tertiary/aromatic N) is 2. The molecule has 0 radical (unpaired) electrons. The van der Waals surface area contributed by atoms with E-state index in [2.05, 4.69) is 20.8 Å². The van der Waals surface area contributed by atoms with E-state index in [0.717, 1.165) is 14.9 Å². The average Bonchev–Trinajstić information content (AvgIpc) is 3.11. The molecule has 1 atom stereocenters. The molecule has 1 aromatic heterocycles. The highest BCUT2D eigenvalue weighted by Crippen LogP contribution is 2.32. The lowest BCUT2D eigenvalue weighted by molar-refractivity contribution is -0.139. The molecule has 0 saturated heterocycles. The Hall–Kier alpha value is -2.59. The monoisotopic (exact) mass is 420 g/mol. The van der Waals surface area contributed by atoms with Crippen molar-refractivity contribution in [1.82, 2.24) is 20.8 Å². The van der Waals surface area contributed by atoms with Gasteiger partial charge in [0.25, 0.3) is 0 Å². The summed E-state index contributed by atoms with van der Waals surface area (Å²) in [5.74, 6) is 0.580. The van der Waals surface area contributed by atoms with Gasteiger partial charge in [0.1, 0.15) is 10.8 Å². The Morgan fingerprint density at radius 1 is 1.29 bits per heavy atom. The molecule has 0 fully saturated rings. The molecule has 1 unspecified atom stereocenters. The van der Waals surface area contributed by atoms with Crippen molar-refractivity contribution in [2.45, 2.75) is 24.2 Å². The number of hydrogen-bond acceptors (Lipinski definition) is 8. The van der Waals surface area contributed by atoms with Crippen LogP contribution in [-0.2, 0) is 9.53 Å². The van der Waals surface area contributed by atoms with Crippen LogP contribution in [0.5, 0.6) is 5.75 Å². The number of aromatic nitrogens is 2. The van der Waals surface area contributed by atoms with Gasteiger partial charge in [-0.1, -0.05) is 35.2 Å². The number of urea groups is 1. The maximum Gasteiger partial charge on any atom is 0.338 e. The standard InChI is InChI=1S/C18H20N4O4S2/c1-4-26-16(23)14-13(9-27-18-22-21-10(2)28-18)19-17(24)20-15(14)11-5-7-12(25-3)8-6-11/h5-8,15H,4,9H2,1-3H3,(H2,19,20,24). The number of thioether (sulfide) groups is 1. The first-order chi connectivity index (χ1) is 13.5. The van der Waals surface area contributed by atoms with Crippen LogP contribution in [0.1, 0.15) is 23.5 Å². The second-order valence-electron chi connectivity index (χ2n) is 5.79. The van der Waals surface area contributed by atoms with E-state index in [0.29, 0.717) is 22.8 Å². The fourth-order valence-corrected chi connectivity index (χ4v) is 4.48. The molecule has 10 heteroatoms. The maximum absolute atomic E-state index is 12.7.